The van der Waals surface area contributed by atoms with Crippen molar-refractivity contribution in [1.29, 1.82) is 5.26 Å². The van der Waals surface area contributed by atoms with Crippen LogP contribution in [0, 0.1) is 11.3 Å². The molecule has 0 fully saturated rings. The minimum Gasteiger partial charge on any atom is -0.439 e. The van der Waals surface area contributed by atoms with E-state index in [1.54, 1.807) is 6.07 Å². The zero-order valence-corrected chi connectivity index (χ0v) is 12.2. The first-order valence-corrected chi connectivity index (χ1v) is 6.85. The third-order valence-corrected chi connectivity index (χ3v) is 3.38. The van der Waals surface area contributed by atoms with Crippen LogP contribution in [0.15, 0.2) is 36.4 Å². The van der Waals surface area contributed by atoms with E-state index in [-0.39, 0.29) is 5.15 Å². The van der Waals surface area contributed by atoms with Gasteiger partial charge in [0.1, 0.15) is 10.9 Å². The molecular formula is C16H15ClN2O. The highest BCUT2D eigenvalue weighted by Gasteiger charge is 2.06. The van der Waals surface area contributed by atoms with Crippen LogP contribution in [0.4, 0.5) is 0 Å². The zero-order valence-electron chi connectivity index (χ0n) is 11.4. The van der Waals surface area contributed by atoms with Crippen molar-refractivity contribution in [3.05, 3.63) is 52.7 Å². The van der Waals surface area contributed by atoms with Crippen LogP contribution < -0.4 is 4.74 Å². The molecule has 0 aliphatic rings. The molecule has 0 saturated heterocycles. The van der Waals surface area contributed by atoms with Crippen molar-refractivity contribution >= 4 is 11.6 Å². The van der Waals surface area contributed by atoms with Crippen LogP contribution in [0.25, 0.3) is 0 Å². The summed E-state index contributed by atoms with van der Waals surface area (Å²) in [6.45, 7) is 4.35. The minimum atomic E-state index is 0.246. The van der Waals surface area contributed by atoms with Gasteiger partial charge in [-0.3, -0.25) is 0 Å². The maximum absolute atomic E-state index is 8.89. The minimum absolute atomic E-state index is 0.246. The van der Waals surface area contributed by atoms with E-state index in [2.05, 4.69) is 18.8 Å². The van der Waals surface area contributed by atoms with Crippen molar-refractivity contribution in [2.75, 3.05) is 0 Å². The number of pyridine rings is 1. The lowest BCUT2D eigenvalue weighted by atomic mass is 9.99. The summed E-state index contributed by atoms with van der Waals surface area (Å²) < 4.78 is 5.62. The predicted molar refractivity (Wildman–Crippen MR) is 79.2 cm³/mol. The Balaban J connectivity index is 2.18. The van der Waals surface area contributed by atoms with E-state index < -0.39 is 0 Å². The van der Waals surface area contributed by atoms with Gasteiger partial charge in [0.2, 0.25) is 5.88 Å². The molecule has 4 heteroatoms. The number of nitrogens with zero attached hydrogens (tertiary/aromatic N) is 2. The van der Waals surface area contributed by atoms with Gasteiger partial charge in [-0.25, -0.2) is 4.98 Å². The van der Waals surface area contributed by atoms with Gasteiger partial charge in [-0.2, -0.15) is 5.26 Å². The summed E-state index contributed by atoms with van der Waals surface area (Å²) in [6, 6.07) is 13.0. The molecule has 3 nitrogen and oxygen atoms in total. The van der Waals surface area contributed by atoms with Crippen molar-refractivity contribution in [3.8, 4) is 17.7 Å². The number of hydrogen-bond donors (Lipinski definition) is 0. The summed E-state index contributed by atoms with van der Waals surface area (Å²) in [6.07, 6.45) is 1.10. The molecule has 1 aromatic carbocycles. The van der Waals surface area contributed by atoms with Gasteiger partial charge < -0.3 is 4.74 Å². The molecule has 2 aromatic rings. The predicted octanol–water partition coefficient (Wildman–Crippen LogP) is 4.91. The molecule has 1 unspecified atom stereocenters. The number of halogens is 1. The van der Waals surface area contributed by atoms with Crippen LogP contribution in [-0.4, -0.2) is 4.98 Å². The van der Waals surface area contributed by atoms with Gasteiger partial charge in [-0.1, -0.05) is 37.6 Å². The van der Waals surface area contributed by atoms with E-state index in [1.165, 1.54) is 11.6 Å². The van der Waals surface area contributed by atoms with Gasteiger partial charge in [-0.15, -0.1) is 0 Å². The fraction of sp³-hybridized carbons (Fsp3) is 0.250. The molecule has 0 N–H and O–H groups in total. The van der Waals surface area contributed by atoms with E-state index in [1.807, 2.05) is 30.3 Å². The van der Waals surface area contributed by atoms with Crippen LogP contribution in [0.2, 0.25) is 5.15 Å². The maximum Gasteiger partial charge on any atom is 0.221 e. The Bertz CT molecular complexity index is 632. The quantitative estimate of drug-likeness (QED) is 0.750. The Morgan fingerprint density at radius 2 is 2.00 bits per heavy atom. The molecule has 0 spiro atoms. The molecule has 2 rings (SSSR count). The summed E-state index contributed by atoms with van der Waals surface area (Å²) in [5, 5.41) is 9.13. The largest absolute Gasteiger partial charge is 0.439 e. The van der Waals surface area contributed by atoms with Crippen LogP contribution in [0.5, 0.6) is 11.6 Å². The Morgan fingerprint density at radius 3 is 2.60 bits per heavy atom. The average Bonchev–Trinajstić information content (AvgIpc) is 2.46. The van der Waals surface area contributed by atoms with Crippen molar-refractivity contribution in [3.63, 3.8) is 0 Å². The second-order valence-corrected chi connectivity index (χ2v) is 5.00. The van der Waals surface area contributed by atoms with Gasteiger partial charge in [0, 0.05) is 6.07 Å². The SMILES string of the molecule is CCC(C)c1ccc(Oc2cc(C#N)cc(Cl)n2)cc1. The van der Waals surface area contributed by atoms with Gasteiger partial charge in [0.25, 0.3) is 0 Å². The molecule has 1 atom stereocenters. The fourth-order valence-electron chi connectivity index (χ4n) is 1.81. The van der Waals surface area contributed by atoms with Gasteiger partial charge in [-0.05, 0) is 36.1 Å². The highest BCUT2D eigenvalue weighted by atomic mass is 35.5. The number of ether oxygens (including phenoxy) is 1. The molecule has 0 radical (unpaired) electrons. The summed E-state index contributed by atoms with van der Waals surface area (Å²) in [5.74, 6) is 1.53. The summed E-state index contributed by atoms with van der Waals surface area (Å²) in [5.41, 5.74) is 1.70. The van der Waals surface area contributed by atoms with Crippen LogP contribution >= 0.6 is 11.6 Å². The molecule has 0 amide bonds. The molecule has 0 bridgehead atoms. The summed E-state index contributed by atoms with van der Waals surface area (Å²) >= 11 is 5.84. The number of rotatable bonds is 4. The average molecular weight is 287 g/mol. The van der Waals surface area contributed by atoms with Crippen molar-refractivity contribution < 1.29 is 4.74 Å². The van der Waals surface area contributed by atoms with E-state index >= 15 is 0 Å². The van der Waals surface area contributed by atoms with Gasteiger partial charge >= 0.3 is 0 Å². The maximum atomic E-state index is 8.89. The third-order valence-electron chi connectivity index (χ3n) is 3.18. The molecule has 102 valence electrons. The smallest absolute Gasteiger partial charge is 0.221 e. The molecule has 1 heterocycles. The van der Waals surface area contributed by atoms with E-state index in [0.717, 1.165) is 6.42 Å². The van der Waals surface area contributed by atoms with Crippen LogP contribution in [-0.2, 0) is 0 Å². The van der Waals surface area contributed by atoms with E-state index in [4.69, 9.17) is 21.6 Å². The van der Waals surface area contributed by atoms with E-state index in [9.17, 15) is 0 Å². The monoisotopic (exact) mass is 286 g/mol. The molecular weight excluding hydrogens is 272 g/mol. The Hall–Kier alpha value is -2.05. The second kappa shape index (κ2) is 6.40. The topological polar surface area (TPSA) is 45.9 Å². The Kier molecular flexibility index (Phi) is 4.60. The highest BCUT2D eigenvalue weighted by Crippen LogP contribution is 2.25. The lowest BCUT2D eigenvalue weighted by Crippen LogP contribution is -1.93. The standard InChI is InChI=1S/C16H15ClN2O/c1-3-11(2)13-4-6-14(7-5-13)20-16-9-12(10-18)8-15(17)19-16/h4-9,11H,3H2,1-2H3. The van der Waals surface area contributed by atoms with Crippen molar-refractivity contribution in [1.82, 2.24) is 4.98 Å². The number of hydrogen-bond acceptors (Lipinski definition) is 3. The third kappa shape index (κ3) is 3.49. The first kappa shape index (κ1) is 14.4. The van der Waals surface area contributed by atoms with Crippen LogP contribution in [0.3, 0.4) is 0 Å². The van der Waals surface area contributed by atoms with Gasteiger partial charge in [0.05, 0.1) is 11.6 Å². The number of nitriles is 1. The van der Waals surface area contributed by atoms with Crippen molar-refractivity contribution in [2.45, 2.75) is 26.2 Å². The van der Waals surface area contributed by atoms with Crippen LogP contribution in [0.1, 0.15) is 37.3 Å². The molecule has 20 heavy (non-hydrogen) atoms. The van der Waals surface area contributed by atoms with Crippen molar-refractivity contribution in [2.24, 2.45) is 0 Å². The lowest BCUT2D eigenvalue weighted by Gasteiger charge is -2.10. The number of benzene rings is 1. The Morgan fingerprint density at radius 1 is 1.30 bits per heavy atom. The zero-order chi connectivity index (χ0) is 14.5. The summed E-state index contributed by atoms with van der Waals surface area (Å²) in [4.78, 5) is 4.04. The summed E-state index contributed by atoms with van der Waals surface area (Å²) in [7, 11) is 0. The Labute approximate surface area is 123 Å². The van der Waals surface area contributed by atoms with E-state index in [0.29, 0.717) is 23.1 Å². The molecule has 0 aliphatic heterocycles. The molecule has 0 saturated carbocycles. The first-order valence-electron chi connectivity index (χ1n) is 6.48. The molecule has 0 aliphatic carbocycles. The second-order valence-electron chi connectivity index (χ2n) is 4.61. The fourth-order valence-corrected chi connectivity index (χ4v) is 2.01. The first-order chi connectivity index (χ1) is 9.62. The molecule has 1 aromatic heterocycles. The number of aromatic nitrogens is 1. The van der Waals surface area contributed by atoms with Gasteiger partial charge in [0.15, 0.2) is 0 Å². The highest BCUT2D eigenvalue weighted by molar-refractivity contribution is 6.29. The lowest BCUT2D eigenvalue weighted by molar-refractivity contribution is 0.462. The normalized spacial score (nSPS) is 11.7.